The maximum Gasteiger partial charge on any atom is 0.391 e. The van der Waals surface area contributed by atoms with Gasteiger partial charge in [0, 0.05) is 6.04 Å². The van der Waals surface area contributed by atoms with Crippen molar-refractivity contribution in [2.24, 2.45) is 0 Å². The van der Waals surface area contributed by atoms with Crippen molar-refractivity contribution in [3.63, 3.8) is 0 Å². The minimum absolute atomic E-state index is 0.170. The molecule has 0 aliphatic heterocycles. The molecule has 0 bridgehead atoms. The minimum Gasteiger partial charge on any atom is -0.395 e. The number of rotatable bonds is 3. The first kappa shape index (κ1) is 12.6. The predicted molar refractivity (Wildman–Crippen MR) is 54.6 cm³/mol. The Balaban J connectivity index is 2.70. The van der Waals surface area contributed by atoms with Crippen LogP contribution < -0.4 is 11.1 Å². The van der Waals surface area contributed by atoms with E-state index in [1.807, 2.05) is 0 Å². The molecule has 0 aromatic heterocycles. The van der Waals surface area contributed by atoms with Crippen LogP contribution in [0.5, 0.6) is 0 Å². The molecule has 1 aromatic carbocycles. The van der Waals surface area contributed by atoms with E-state index in [-0.39, 0.29) is 11.4 Å². The first-order valence-electron chi connectivity index (χ1n) is 4.67. The summed E-state index contributed by atoms with van der Waals surface area (Å²) in [5, 5.41) is 2.52. The highest BCUT2D eigenvalue weighted by atomic mass is 19.4. The summed E-state index contributed by atoms with van der Waals surface area (Å²) in [5.74, 6) is -0.649. The van der Waals surface area contributed by atoms with E-state index in [2.05, 4.69) is 5.32 Å². The van der Waals surface area contributed by atoms with Gasteiger partial charge in [0.25, 0.3) is 0 Å². The van der Waals surface area contributed by atoms with Gasteiger partial charge >= 0.3 is 6.18 Å². The number of anilines is 2. The van der Waals surface area contributed by atoms with Gasteiger partial charge in [-0.2, -0.15) is 13.2 Å². The molecule has 0 spiro atoms. The molecule has 3 N–H and O–H groups in total. The average molecular weight is 236 g/mol. The number of alkyl halides is 3. The lowest BCUT2D eigenvalue weighted by molar-refractivity contribution is -0.136. The van der Waals surface area contributed by atoms with Crippen LogP contribution in [0.15, 0.2) is 18.2 Å². The maximum absolute atomic E-state index is 13.0. The van der Waals surface area contributed by atoms with Gasteiger partial charge in [0.2, 0.25) is 0 Å². The van der Waals surface area contributed by atoms with Gasteiger partial charge in [0.1, 0.15) is 5.82 Å². The molecule has 2 nitrogen and oxygen atoms in total. The Kier molecular flexibility index (Phi) is 3.62. The summed E-state index contributed by atoms with van der Waals surface area (Å²) >= 11 is 0. The Morgan fingerprint density at radius 1 is 1.38 bits per heavy atom. The fourth-order valence-corrected chi connectivity index (χ4v) is 1.33. The summed E-state index contributed by atoms with van der Waals surface area (Å²) in [7, 11) is 0. The van der Waals surface area contributed by atoms with Crippen LogP contribution in [-0.2, 0) is 0 Å². The van der Waals surface area contributed by atoms with Crippen molar-refractivity contribution in [2.75, 3.05) is 11.1 Å². The van der Waals surface area contributed by atoms with E-state index in [1.54, 1.807) is 0 Å². The molecular formula is C10H12F4N2. The first-order valence-corrected chi connectivity index (χ1v) is 4.67. The third-order valence-electron chi connectivity index (χ3n) is 1.99. The topological polar surface area (TPSA) is 38.0 Å². The van der Waals surface area contributed by atoms with Crippen LogP contribution >= 0.6 is 0 Å². The number of nitrogen functional groups attached to an aromatic ring is 1. The number of para-hydroxylation sites is 1. The van der Waals surface area contributed by atoms with Crippen molar-refractivity contribution >= 4 is 11.4 Å². The highest BCUT2D eigenvalue weighted by Crippen LogP contribution is 2.26. The van der Waals surface area contributed by atoms with E-state index in [0.29, 0.717) is 0 Å². The Hall–Kier alpha value is -1.46. The molecule has 0 heterocycles. The Bertz CT molecular complexity index is 362. The molecule has 1 atom stereocenters. The van der Waals surface area contributed by atoms with E-state index in [9.17, 15) is 17.6 Å². The molecule has 16 heavy (non-hydrogen) atoms. The number of nitrogens with two attached hydrogens (primary N) is 1. The van der Waals surface area contributed by atoms with Crippen molar-refractivity contribution in [3.05, 3.63) is 24.0 Å². The van der Waals surface area contributed by atoms with Crippen LogP contribution in [0.4, 0.5) is 28.9 Å². The van der Waals surface area contributed by atoms with Gasteiger partial charge in [-0.3, -0.25) is 0 Å². The quantitative estimate of drug-likeness (QED) is 0.625. The summed E-state index contributed by atoms with van der Waals surface area (Å²) in [6.07, 6.45) is -5.25. The van der Waals surface area contributed by atoms with Crippen LogP contribution in [0.2, 0.25) is 0 Å². The Morgan fingerprint density at radius 3 is 2.56 bits per heavy atom. The summed E-state index contributed by atoms with van der Waals surface area (Å²) in [5.41, 5.74) is 5.38. The van der Waals surface area contributed by atoms with Crippen molar-refractivity contribution in [1.29, 1.82) is 0 Å². The number of halogens is 4. The van der Waals surface area contributed by atoms with Crippen LogP contribution in [0.25, 0.3) is 0 Å². The van der Waals surface area contributed by atoms with Crippen LogP contribution in [0, 0.1) is 5.82 Å². The van der Waals surface area contributed by atoms with Gasteiger partial charge in [0.05, 0.1) is 17.8 Å². The summed E-state index contributed by atoms with van der Waals surface area (Å²) in [4.78, 5) is 0. The van der Waals surface area contributed by atoms with Crippen LogP contribution in [0.3, 0.4) is 0 Å². The standard InChI is InChI=1S/C10H12F4N2/c1-6(5-10(12,13)14)16-8-4-2-3-7(11)9(8)15/h2-4,6,16H,5,15H2,1H3. The second-order valence-corrected chi connectivity index (χ2v) is 3.57. The highest BCUT2D eigenvalue weighted by Gasteiger charge is 2.30. The van der Waals surface area contributed by atoms with Gasteiger partial charge in [0.15, 0.2) is 0 Å². The summed E-state index contributed by atoms with van der Waals surface area (Å²) < 4.78 is 49.1. The molecule has 6 heteroatoms. The zero-order valence-corrected chi connectivity index (χ0v) is 8.61. The maximum atomic E-state index is 13.0. The first-order chi connectivity index (χ1) is 7.29. The summed E-state index contributed by atoms with van der Waals surface area (Å²) in [6.45, 7) is 1.36. The third kappa shape index (κ3) is 3.60. The van der Waals surface area contributed by atoms with Crippen molar-refractivity contribution in [3.8, 4) is 0 Å². The molecule has 0 aliphatic rings. The normalized spacial score (nSPS) is 13.6. The average Bonchev–Trinajstić information content (AvgIpc) is 2.09. The Morgan fingerprint density at radius 2 is 2.00 bits per heavy atom. The molecule has 90 valence electrons. The lowest BCUT2D eigenvalue weighted by atomic mass is 10.2. The zero-order valence-electron chi connectivity index (χ0n) is 8.61. The molecule has 1 aromatic rings. The van der Waals surface area contributed by atoms with Crippen LogP contribution in [-0.4, -0.2) is 12.2 Å². The fraction of sp³-hybridized carbons (Fsp3) is 0.400. The molecular weight excluding hydrogens is 224 g/mol. The highest BCUT2D eigenvalue weighted by molar-refractivity contribution is 5.66. The van der Waals surface area contributed by atoms with Crippen LogP contribution in [0.1, 0.15) is 13.3 Å². The van der Waals surface area contributed by atoms with Crippen molar-refractivity contribution in [2.45, 2.75) is 25.6 Å². The van der Waals surface area contributed by atoms with Gasteiger partial charge in [-0.05, 0) is 19.1 Å². The largest absolute Gasteiger partial charge is 0.395 e. The van der Waals surface area contributed by atoms with E-state index in [0.717, 1.165) is 6.07 Å². The van der Waals surface area contributed by atoms with Crippen molar-refractivity contribution in [1.82, 2.24) is 0 Å². The number of hydrogen-bond acceptors (Lipinski definition) is 2. The molecule has 0 fully saturated rings. The summed E-state index contributed by atoms with van der Waals surface area (Å²) in [6, 6.07) is 3.11. The second kappa shape index (κ2) is 4.59. The molecule has 0 aliphatic carbocycles. The number of hydrogen-bond donors (Lipinski definition) is 2. The number of nitrogens with one attached hydrogen (secondary N) is 1. The van der Waals surface area contributed by atoms with E-state index in [4.69, 9.17) is 5.73 Å². The number of benzene rings is 1. The molecule has 0 amide bonds. The smallest absolute Gasteiger partial charge is 0.391 e. The van der Waals surface area contributed by atoms with Gasteiger partial charge in [-0.25, -0.2) is 4.39 Å². The van der Waals surface area contributed by atoms with Gasteiger partial charge < -0.3 is 11.1 Å². The zero-order chi connectivity index (χ0) is 12.3. The van der Waals surface area contributed by atoms with E-state index >= 15 is 0 Å². The molecule has 1 unspecified atom stereocenters. The van der Waals surface area contributed by atoms with Gasteiger partial charge in [-0.15, -0.1) is 0 Å². The molecule has 1 rings (SSSR count). The second-order valence-electron chi connectivity index (χ2n) is 3.57. The van der Waals surface area contributed by atoms with Gasteiger partial charge in [-0.1, -0.05) is 6.07 Å². The SMILES string of the molecule is CC(CC(F)(F)F)Nc1cccc(F)c1N. The molecule has 0 radical (unpaired) electrons. The predicted octanol–water partition coefficient (Wildman–Crippen LogP) is 3.16. The lowest BCUT2D eigenvalue weighted by Gasteiger charge is -2.18. The fourth-order valence-electron chi connectivity index (χ4n) is 1.33. The lowest BCUT2D eigenvalue weighted by Crippen LogP contribution is -2.24. The minimum atomic E-state index is -4.26. The third-order valence-corrected chi connectivity index (χ3v) is 1.99. The van der Waals surface area contributed by atoms with E-state index < -0.39 is 24.5 Å². The molecule has 0 saturated carbocycles. The van der Waals surface area contributed by atoms with Crippen molar-refractivity contribution < 1.29 is 17.6 Å². The van der Waals surface area contributed by atoms with E-state index in [1.165, 1.54) is 19.1 Å². The monoisotopic (exact) mass is 236 g/mol. The molecule has 0 saturated heterocycles. The Labute approximate surface area is 90.4 Å².